The summed E-state index contributed by atoms with van der Waals surface area (Å²) in [6.07, 6.45) is 0. The second-order valence-corrected chi connectivity index (χ2v) is 5.46. The molecule has 3 nitrogen and oxygen atoms in total. The van der Waals surface area contributed by atoms with Gasteiger partial charge < -0.3 is 5.11 Å². The molecule has 22 heavy (non-hydrogen) atoms. The number of nitrogens with zero attached hydrogens (tertiary/aromatic N) is 1. The molecule has 0 spiro atoms. The predicted molar refractivity (Wildman–Crippen MR) is 89.3 cm³/mol. The molecule has 0 saturated heterocycles. The summed E-state index contributed by atoms with van der Waals surface area (Å²) in [6, 6.07) is 12.8. The van der Waals surface area contributed by atoms with Gasteiger partial charge in [0.05, 0.1) is 0 Å². The highest BCUT2D eigenvalue weighted by atomic mass is 16.3. The summed E-state index contributed by atoms with van der Waals surface area (Å²) in [5.74, 6) is 0.279. The smallest absolute Gasteiger partial charge is 0.193 e. The van der Waals surface area contributed by atoms with Crippen molar-refractivity contribution in [1.29, 1.82) is 0 Å². The quantitative estimate of drug-likeness (QED) is 0.825. The highest BCUT2D eigenvalue weighted by molar-refractivity contribution is 6.09. The van der Waals surface area contributed by atoms with Gasteiger partial charge in [0.15, 0.2) is 5.78 Å². The van der Waals surface area contributed by atoms with E-state index in [4.69, 9.17) is 0 Å². The van der Waals surface area contributed by atoms with Gasteiger partial charge in [0.2, 0.25) is 0 Å². The summed E-state index contributed by atoms with van der Waals surface area (Å²) in [5, 5.41) is 10.3. The zero-order chi connectivity index (χ0) is 16.1. The van der Waals surface area contributed by atoms with Gasteiger partial charge in [-0.3, -0.25) is 9.69 Å². The van der Waals surface area contributed by atoms with Gasteiger partial charge in [-0.05, 0) is 37.7 Å². The van der Waals surface area contributed by atoms with E-state index in [1.165, 1.54) is 0 Å². The van der Waals surface area contributed by atoms with Gasteiger partial charge in [0.25, 0.3) is 0 Å². The highest BCUT2D eigenvalue weighted by Crippen LogP contribution is 2.26. The van der Waals surface area contributed by atoms with E-state index in [1.54, 1.807) is 6.07 Å². The molecule has 2 rings (SSSR count). The van der Waals surface area contributed by atoms with Gasteiger partial charge in [-0.2, -0.15) is 0 Å². The van der Waals surface area contributed by atoms with Crippen molar-refractivity contribution in [3.8, 4) is 5.75 Å². The lowest BCUT2D eigenvalue weighted by Gasteiger charge is -2.20. The number of phenolic OH excluding ortho intramolecular Hbond substituents is 1. The first-order valence-electron chi connectivity index (χ1n) is 7.71. The number of rotatable bonds is 6. The Bertz CT molecular complexity index is 646. The number of hydrogen-bond donors (Lipinski definition) is 1. The third-order valence-electron chi connectivity index (χ3n) is 3.97. The van der Waals surface area contributed by atoms with Gasteiger partial charge in [0.1, 0.15) is 5.75 Å². The van der Waals surface area contributed by atoms with E-state index >= 15 is 0 Å². The molecule has 2 aromatic rings. The normalized spacial score (nSPS) is 10.9. The van der Waals surface area contributed by atoms with Crippen LogP contribution in [-0.4, -0.2) is 28.9 Å². The Balaban J connectivity index is 2.37. The maximum atomic E-state index is 12.6. The number of phenols is 1. The fourth-order valence-electron chi connectivity index (χ4n) is 2.55. The largest absolute Gasteiger partial charge is 0.507 e. The van der Waals surface area contributed by atoms with Crippen molar-refractivity contribution in [2.45, 2.75) is 27.3 Å². The van der Waals surface area contributed by atoms with Crippen molar-refractivity contribution in [1.82, 2.24) is 4.90 Å². The fraction of sp³-hybridized carbons (Fsp3) is 0.316. The first-order valence-corrected chi connectivity index (χ1v) is 7.71. The molecular weight excluding hydrogens is 274 g/mol. The molecule has 0 heterocycles. The van der Waals surface area contributed by atoms with E-state index < -0.39 is 0 Å². The Hall–Kier alpha value is -2.13. The van der Waals surface area contributed by atoms with Crippen LogP contribution >= 0.6 is 0 Å². The molecule has 0 bridgehead atoms. The summed E-state index contributed by atoms with van der Waals surface area (Å²) in [6.45, 7) is 8.48. The van der Waals surface area contributed by atoms with Gasteiger partial charge in [-0.15, -0.1) is 0 Å². The van der Waals surface area contributed by atoms with E-state index in [0.29, 0.717) is 17.7 Å². The second kappa shape index (κ2) is 7.23. The lowest BCUT2D eigenvalue weighted by Crippen LogP contribution is -2.22. The van der Waals surface area contributed by atoms with Crippen molar-refractivity contribution < 1.29 is 9.90 Å². The van der Waals surface area contributed by atoms with Crippen LogP contribution in [0.2, 0.25) is 0 Å². The van der Waals surface area contributed by atoms with Crippen LogP contribution in [0.4, 0.5) is 0 Å². The van der Waals surface area contributed by atoms with Gasteiger partial charge in [0, 0.05) is 23.2 Å². The number of carbonyl (C=O) groups is 1. The Kier molecular flexibility index (Phi) is 5.34. The second-order valence-electron chi connectivity index (χ2n) is 5.46. The molecule has 0 amide bonds. The van der Waals surface area contributed by atoms with Crippen molar-refractivity contribution in [2.24, 2.45) is 0 Å². The SMILES string of the molecule is CCN(CC)Cc1cc(C(=O)c2ccccc2)cc(C)c1O. The lowest BCUT2D eigenvalue weighted by molar-refractivity contribution is 0.103. The Labute approximate surface area is 132 Å². The molecule has 3 heteroatoms. The Morgan fingerprint density at radius 3 is 2.27 bits per heavy atom. The topological polar surface area (TPSA) is 40.5 Å². The Morgan fingerprint density at radius 2 is 1.68 bits per heavy atom. The van der Waals surface area contributed by atoms with Crippen LogP contribution in [0.1, 0.15) is 40.9 Å². The maximum absolute atomic E-state index is 12.6. The van der Waals surface area contributed by atoms with E-state index in [-0.39, 0.29) is 11.5 Å². The first kappa shape index (κ1) is 16.2. The molecule has 0 unspecified atom stereocenters. The average Bonchev–Trinajstić information content (AvgIpc) is 2.56. The van der Waals surface area contributed by atoms with Gasteiger partial charge in [-0.25, -0.2) is 0 Å². The van der Waals surface area contributed by atoms with Gasteiger partial charge >= 0.3 is 0 Å². The summed E-state index contributed by atoms with van der Waals surface area (Å²) >= 11 is 0. The molecule has 116 valence electrons. The van der Waals surface area contributed by atoms with Crippen molar-refractivity contribution in [3.63, 3.8) is 0 Å². The van der Waals surface area contributed by atoms with Gasteiger partial charge in [-0.1, -0.05) is 44.2 Å². The minimum Gasteiger partial charge on any atom is -0.507 e. The molecule has 0 aliphatic rings. The number of aromatic hydroxyl groups is 1. The molecule has 0 atom stereocenters. The van der Waals surface area contributed by atoms with E-state index in [2.05, 4.69) is 18.7 Å². The minimum absolute atomic E-state index is 0.00973. The average molecular weight is 297 g/mol. The summed E-state index contributed by atoms with van der Waals surface area (Å²) in [4.78, 5) is 14.8. The number of ketones is 1. The molecule has 0 saturated carbocycles. The monoisotopic (exact) mass is 297 g/mol. The minimum atomic E-state index is -0.00973. The predicted octanol–water partition coefficient (Wildman–Crippen LogP) is 3.77. The van der Waals surface area contributed by atoms with Crippen LogP contribution in [0.3, 0.4) is 0 Å². The third kappa shape index (κ3) is 3.55. The van der Waals surface area contributed by atoms with E-state index in [9.17, 15) is 9.90 Å². The van der Waals surface area contributed by atoms with E-state index in [0.717, 1.165) is 24.2 Å². The van der Waals surface area contributed by atoms with Crippen molar-refractivity contribution in [3.05, 3.63) is 64.7 Å². The molecule has 2 aromatic carbocycles. The van der Waals surface area contributed by atoms with Crippen LogP contribution in [0.5, 0.6) is 5.75 Å². The maximum Gasteiger partial charge on any atom is 0.193 e. The molecule has 0 aromatic heterocycles. The van der Waals surface area contributed by atoms with Crippen LogP contribution in [0.25, 0.3) is 0 Å². The highest BCUT2D eigenvalue weighted by Gasteiger charge is 2.15. The third-order valence-corrected chi connectivity index (χ3v) is 3.97. The summed E-state index contributed by atoms with van der Waals surface area (Å²) in [7, 11) is 0. The first-order chi connectivity index (χ1) is 10.6. The number of benzene rings is 2. The number of hydrogen-bond acceptors (Lipinski definition) is 3. The summed E-state index contributed by atoms with van der Waals surface area (Å²) < 4.78 is 0. The van der Waals surface area contributed by atoms with Crippen molar-refractivity contribution in [2.75, 3.05) is 13.1 Å². The molecule has 0 aliphatic heterocycles. The molecular formula is C19H23NO2. The summed E-state index contributed by atoms with van der Waals surface area (Å²) in [5.41, 5.74) is 2.84. The van der Waals surface area contributed by atoms with Crippen LogP contribution in [-0.2, 0) is 6.54 Å². The van der Waals surface area contributed by atoms with Crippen molar-refractivity contribution >= 4 is 5.78 Å². The molecule has 0 fully saturated rings. The van der Waals surface area contributed by atoms with Crippen LogP contribution in [0, 0.1) is 6.92 Å². The Morgan fingerprint density at radius 1 is 1.05 bits per heavy atom. The van der Waals surface area contributed by atoms with Crippen LogP contribution in [0.15, 0.2) is 42.5 Å². The molecule has 0 aliphatic carbocycles. The lowest BCUT2D eigenvalue weighted by atomic mass is 9.98. The molecule has 1 N–H and O–H groups in total. The fourth-order valence-corrected chi connectivity index (χ4v) is 2.55. The zero-order valence-electron chi connectivity index (χ0n) is 13.5. The molecule has 0 radical (unpaired) electrons. The zero-order valence-corrected chi connectivity index (χ0v) is 13.5. The number of carbonyl (C=O) groups excluding carboxylic acids is 1. The van der Waals surface area contributed by atoms with Crippen LogP contribution < -0.4 is 0 Å². The van der Waals surface area contributed by atoms with E-state index in [1.807, 2.05) is 43.3 Å². The standard InChI is InChI=1S/C19H23NO2/c1-4-20(5-2)13-17-12-16(11-14(3)18(17)21)19(22)15-9-7-6-8-10-15/h6-12,21H,4-5,13H2,1-3H3. The number of aryl methyl sites for hydroxylation is 1.